The van der Waals surface area contributed by atoms with Crippen molar-refractivity contribution in [2.75, 3.05) is 11.9 Å². The molecule has 1 aromatic heterocycles. The normalized spacial score (nSPS) is 12.2. The highest BCUT2D eigenvalue weighted by atomic mass is 16.1. The Kier molecular flexibility index (Phi) is 7.05. The molecule has 4 heteroatoms. The standard InChI is InChI=1S/C16H27N3O/c1-5-10-17-14-8-9-15(18-11-14)16(20)19-13(4)7-6-12(2)3/h8-9,11-13,17H,5-7,10H2,1-4H3,(H,19,20). The molecule has 0 aliphatic carbocycles. The molecule has 0 bridgehead atoms. The highest BCUT2D eigenvalue weighted by Crippen LogP contribution is 2.09. The summed E-state index contributed by atoms with van der Waals surface area (Å²) in [5.41, 5.74) is 1.43. The van der Waals surface area contributed by atoms with E-state index in [1.165, 1.54) is 0 Å². The molecule has 0 aromatic carbocycles. The minimum atomic E-state index is -0.0942. The fourth-order valence-electron chi connectivity index (χ4n) is 1.86. The van der Waals surface area contributed by atoms with Crippen molar-refractivity contribution in [2.45, 2.75) is 53.0 Å². The zero-order valence-corrected chi connectivity index (χ0v) is 13.1. The van der Waals surface area contributed by atoms with Crippen molar-refractivity contribution in [3.05, 3.63) is 24.0 Å². The number of carbonyl (C=O) groups excluding carboxylic acids is 1. The van der Waals surface area contributed by atoms with Crippen LogP contribution >= 0.6 is 0 Å². The molecular weight excluding hydrogens is 250 g/mol. The van der Waals surface area contributed by atoms with E-state index in [0.717, 1.165) is 31.5 Å². The first-order valence-corrected chi connectivity index (χ1v) is 7.53. The summed E-state index contributed by atoms with van der Waals surface area (Å²) in [6.07, 6.45) is 4.90. The lowest BCUT2D eigenvalue weighted by molar-refractivity contribution is 0.0932. The van der Waals surface area contributed by atoms with E-state index in [9.17, 15) is 4.79 Å². The minimum Gasteiger partial charge on any atom is -0.384 e. The second kappa shape index (κ2) is 8.56. The van der Waals surface area contributed by atoms with E-state index in [1.54, 1.807) is 12.3 Å². The molecule has 1 atom stereocenters. The zero-order chi connectivity index (χ0) is 15.0. The van der Waals surface area contributed by atoms with Gasteiger partial charge in [-0.1, -0.05) is 20.8 Å². The van der Waals surface area contributed by atoms with E-state index in [0.29, 0.717) is 11.6 Å². The zero-order valence-electron chi connectivity index (χ0n) is 13.1. The van der Waals surface area contributed by atoms with E-state index in [1.807, 2.05) is 13.0 Å². The second-order valence-electron chi connectivity index (χ2n) is 5.70. The summed E-state index contributed by atoms with van der Waals surface area (Å²) in [6.45, 7) is 9.45. The second-order valence-corrected chi connectivity index (χ2v) is 5.70. The molecule has 0 saturated carbocycles. The van der Waals surface area contributed by atoms with Gasteiger partial charge >= 0.3 is 0 Å². The summed E-state index contributed by atoms with van der Waals surface area (Å²) in [7, 11) is 0. The van der Waals surface area contributed by atoms with Crippen LogP contribution in [0.25, 0.3) is 0 Å². The number of rotatable bonds is 8. The lowest BCUT2D eigenvalue weighted by Gasteiger charge is -2.15. The van der Waals surface area contributed by atoms with Crippen LogP contribution in [0.5, 0.6) is 0 Å². The fraction of sp³-hybridized carbons (Fsp3) is 0.625. The molecular formula is C16H27N3O. The lowest BCUT2D eigenvalue weighted by atomic mass is 10.0. The highest BCUT2D eigenvalue weighted by Gasteiger charge is 2.11. The third-order valence-electron chi connectivity index (χ3n) is 3.13. The third kappa shape index (κ3) is 6.04. The van der Waals surface area contributed by atoms with E-state index >= 15 is 0 Å². The predicted molar refractivity (Wildman–Crippen MR) is 84.0 cm³/mol. The summed E-state index contributed by atoms with van der Waals surface area (Å²) in [4.78, 5) is 16.2. The number of nitrogens with zero attached hydrogens (tertiary/aromatic N) is 1. The Bertz CT molecular complexity index is 401. The van der Waals surface area contributed by atoms with E-state index in [4.69, 9.17) is 0 Å². The minimum absolute atomic E-state index is 0.0942. The molecule has 20 heavy (non-hydrogen) atoms. The monoisotopic (exact) mass is 277 g/mol. The number of carbonyl (C=O) groups is 1. The first kappa shape index (κ1) is 16.5. The topological polar surface area (TPSA) is 54.0 Å². The molecule has 1 amide bonds. The molecule has 0 spiro atoms. The van der Waals surface area contributed by atoms with Crippen molar-refractivity contribution in [1.82, 2.24) is 10.3 Å². The van der Waals surface area contributed by atoms with Crippen LogP contribution in [-0.4, -0.2) is 23.5 Å². The van der Waals surface area contributed by atoms with E-state index in [2.05, 4.69) is 36.4 Å². The van der Waals surface area contributed by atoms with E-state index in [-0.39, 0.29) is 11.9 Å². The van der Waals surface area contributed by atoms with Crippen LogP contribution < -0.4 is 10.6 Å². The summed E-state index contributed by atoms with van der Waals surface area (Å²) in [5, 5.41) is 6.23. The molecule has 2 N–H and O–H groups in total. The van der Waals surface area contributed by atoms with Gasteiger partial charge in [-0.3, -0.25) is 4.79 Å². The molecule has 1 aromatic rings. The molecule has 1 unspecified atom stereocenters. The Morgan fingerprint density at radius 3 is 2.55 bits per heavy atom. The first-order chi connectivity index (χ1) is 9.52. The van der Waals surface area contributed by atoms with Crippen LogP contribution in [0.2, 0.25) is 0 Å². The van der Waals surface area contributed by atoms with Crippen molar-refractivity contribution in [3.8, 4) is 0 Å². The van der Waals surface area contributed by atoms with Gasteiger partial charge in [-0.2, -0.15) is 0 Å². The van der Waals surface area contributed by atoms with Crippen molar-refractivity contribution in [3.63, 3.8) is 0 Å². The number of hydrogen-bond acceptors (Lipinski definition) is 3. The van der Waals surface area contributed by atoms with Crippen LogP contribution in [0.1, 0.15) is 57.4 Å². The van der Waals surface area contributed by atoms with Crippen molar-refractivity contribution < 1.29 is 4.79 Å². The number of hydrogen-bond donors (Lipinski definition) is 2. The predicted octanol–water partition coefficient (Wildman–Crippen LogP) is 3.46. The maximum absolute atomic E-state index is 12.0. The lowest BCUT2D eigenvalue weighted by Crippen LogP contribution is -2.33. The van der Waals surface area contributed by atoms with Gasteiger partial charge in [0.15, 0.2) is 0 Å². The maximum atomic E-state index is 12.0. The molecule has 0 aliphatic rings. The van der Waals surface area contributed by atoms with Gasteiger partial charge < -0.3 is 10.6 Å². The Balaban J connectivity index is 2.46. The van der Waals surface area contributed by atoms with Gasteiger partial charge in [0.1, 0.15) is 5.69 Å². The Labute approximate surface area is 122 Å². The molecule has 0 fully saturated rings. The van der Waals surface area contributed by atoms with Crippen molar-refractivity contribution in [2.24, 2.45) is 5.92 Å². The summed E-state index contributed by atoms with van der Waals surface area (Å²) < 4.78 is 0. The average Bonchev–Trinajstić information content (AvgIpc) is 2.43. The quantitative estimate of drug-likeness (QED) is 0.765. The van der Waals surface area contributed by atoms with E-state index < -0.39 is 0 Å². The number of pyridine rings is 1. The number of aromatic nitrogens is 1. The highest BCUT2D eigenvalue weighted by molar-refractivity contribution is 5.92. The number of nitrogens with one attached hydrogen (secondary N) is 2. The van der Waals surface area contributed by atoms with Gasteiger partial charge in [-0.15, -0.1) is 0 Å². The van der Waals surface area contributed by atoms with Crippen molar-refractivity contribution >= 4 is 11.6 Å². The van der Waals surface area contributed by atoms with Gasteiger partial charge in [0.2, 0.25) is 0 Å². The summed E-state index contributed by atoms with van der Waals surface area (Å²) in [6, 6.07) is 3.85. The average molecular weight is 277 g/mol. The number of amides is 1. The smallest absolute Gasteiger partial charge is 0.270 e. The van der Waals surface area contributed by atoms with Crippen LogP contribution in [-0.2, 0) is 0 Å². The van der Waals surface area contributed by atoms with Gasteiger partial charge in [0.05, 0.1) is 11.9 Å². The largest absolute Gasteiger partial charge is 0.384 e. The third-order valence-corrected chi connectivity index (χ3v) is 3.13. The van der Waals surface area contributed by atoms with Gasteiger partial charge in [-0.25, -0.2) is 4.98 Å². The molecule has 0 aliphatic heterocycles. The van der Waals surface area contributed by atoms with Crippen LogP contribution in [0.15, 0.2) is 18.3 Å². The molecule has 4 nitrogen and oxygen atoms in total. The molecule has 1 heterocycles. The Morgan fingerprint density at radius 1 is 1.25 bits per heavy atom. The number of anilines is 1. The Hall–Kier alpha value is -1.58. The van der Waals surface area contributed by atoms with Crippen LogP contribution in [0.4, 0.5) is 5.69 Å². The first-order valence-electron chi connectivity index (χ1n) is 7.53. The van der Waals surface area contributed by atoms with Crippen LogP contribution in [0.3, 0.4) is 0 Å². The fourth-order valence-corrected chi connectivity index (χ4v) is 1.86. The molecule has 0 saturated heterocycles. The van der Waals surface area contributed by atoms with Gasteiger partial charge in [0, 0.05) is 12.6 Å². The van der Waals surface area contributed by atoms with Gasteiger partial charge in [-0.05, 0) is 44.2 Å². The molecule has 112 valence electrons. The summed E-state index contributed by atoms with van der Waals surface area (Å²) in [5.74, 6) is 0.569. The van der Waals surface area contributed by atoms with Crippen molar-refractivity contribution in [1.29, 1.82) is 0 Å². The Morgan fingerprint density at radius 2 is 2.00 bits per heavy atom. The maximum Gasteiger partial charge on any atom is 0.270 e. The van der Waals surface area contributed by atoms with Gasteiger partial charge in [0.25, 0.3) is 5.91 Å². The SMILES string of the molecule is CCCNc1ccc(C(=O)NC(C)CCC(C)C)nc1. The molecule has 0 radical (unpaired) electrons. The summed E-state index contributed by atoms with van der Waals surface area (Å²) >= 11 is 0. The molecule has 1 rings (SSSR count). The van der Waals surface area contributed by atoms with Crippen LogP contribution in [0, 0.1) is 5.92 Å².